The molecule has 0 heterocycles. The number of thiocyanates is 1. The van der Waals surface area contributed by atoms with Crippen LogP contribution in [-0.4, -0.2) is 5.91 Å². The van der Waals surface area contributed by atoms with Crippen LogP contribution in [0.4, 0.5) is 5.69 Å². The summed E-state index contributed by atoms with van der Waals surface area (Å²) in [6, 6.07) is 13.7. The lowest BCUT2D eigenvalue weighted by Crippen LogP contribution is -2.11. The number of halogens is 1. The highest BCUT2D eigenvalue weighted by Gasteiger charge is 2.05. The first-order valence-corrected chi connectivity index (χ1v) is 6.61. The summed E-state index contributed by atoms with van der Waals surface area (Å²) in [6.07, 6.45) is 0. The van der Waals surface area contributed by atoms with Gasteiger partial charge < -0.3 is 5.32 Å². The zero-order valence-electron chi connectivity index (χ0n) is 9.76. The average Bonchev–Trinajstić information content (AvgIpc) is 2.42. The molecule has 0 fully saturated rings. The predicted molar refractivity (Wildman–Crippen MR) is 77.3 cm³/mol. The smallest absolute Gasteiger partial charge is 0.255 e. The van der Waals surface area contributed by atoms with E-state index in [0.717, 1.165) is 16.7 Å². The maximum Gasteiger partial charge on any atom is 0.255 e. The summed E-state index contributed by atoms with van der Waals surface area (Å²) in [6.45, 7) is 0. The molecule has 0 atom stereocenters. The number of nitrogens with zero attached hydrogens (tertiary/aromatic N) is 1. The fourth-order valence-corrected chi connectivity index (χ4v) is 1.97. The van der Waals surface area contributed by atoms with E-state index in [9.17, 15) is 4.79 Å². The van der Waals surface area contributed by atoms with Crippen molar-refractivity contribution in [2.75, 3.05) is 5.32 Å². The molecule has 0 aliphatic rings. The highest BCUT2D eigenvalue weighted by Crippen LogP contribution is 2.19. The van der Waals surface area contributed by atoms with Crippen molar-refractivity contribution in [3.63, 3.8) is 0 Å². The molecule has 0 aromatic heterocycles. The predicted octanol–water partition coefficient (Wildman–Crippen LogP) is 4.17. The zero-order chi connectivity index (χ0) is 13.7. The monoisotopic (exact) mass is 288 g/mol. The number of hydrogen-bond acceptors (Lipinski definition) is 3. The van der Waals surface area contributed by atoms with Gasteiger partial charge in [0, 0.05) is 21.2 Å². The van der Waals surface area contributed by atoms with Gasteiger partial charge in [-0.2, -0.15) is 5.26 Å². The van der Waals surface area contributed by atoms with Crippen LogP contribution in [-0.2, 0) is 0 Å². The van der Waals surface area contributed by atoms with E-state index in [0.29, 0.717) is 16.3 Å². The lowest BCUT2D eigenvalue weighted by molar-refractivity contribution is 0.102. The Morgan fingerprint density at radius 1 is 1.11 bits per heavy atom. The average molecular weight is 289 g/mol. The Balaban J connectivity index is 2.06. The van der Waals surface area contributed by atoms with Crippen LogP contribution in [0.1, 0.15) is 10.4 Å². The van der Waals surface area contributed by atoms with Crippen molar-refractivity contribution < 1.29 is 4.79 Å². The van der Waals surface area contributed by atoms with Gasteiger partial charge in [-0.1, -0.05) is 11.6 Å². The van der Waals surface area contributed by atoms with Crippen molar-refractivity contribution in [3.05, 3.63) is 59.1 Å². The Bertz CT molecular complexity index is 617. The van der Waals surface area contributed by atoms with Crippen molar-refractivity contribution in [2.24, 2.45) is 0 Å². The van der Waals surface area contributed by atoms with Crippen LogP contribution < -0.4 is 5.32 Å². The minimum absolute atomic E-state index is 0.197. The third kappa shape index (κ3) is 3.75. The van der Waals surface area contributed by atoms with Gasteiger partial charge in [-0.05, 0) is 60.3 Å². The standard InChI is InChI=1S/C14H9ClN2OS/c15-11-3-1-10(2-4-11)14(18)17-12-5-7-13(8-6-12)19-9-16/h1-8H,(H,17,18). The zero-order valence-corrected chi connectivity index (χ0v) is 11.3. The fourth-order valence-electron chi connectivity index (χ4n) is 1.46. The van der Waals surface area contributed by atoms with Crippen molar-refractivity contribution in [1.82, 2.24) is 0 Å². The first-order chi connectivity index (χ1) is 9.19. The van der Waals surface area contributed by atoms with Gasteiger partial charge >= 0.3 is 0 Å². The summed E-state index contributed by atoms with van der Waals surface area (Å²) in [5.74, 6) is -0.197. The maximum absolute atomic E-state index is 11.9. The molecule has 0 bridgehead atoms. The minimum atomic E-state index is -0.197. The molecule has 19 heavy (non-hydrogen) atoms. The Morgan fingerprint density at radius 3 is 2.32 bits per heavy atom. The number of benzene rings is 2. The SMILES string of the molecule is N#CSc1ccc(NC(=O)c2ccc(Cl)cc2)cc1. The second kappa shape index (κ2) is 6.28. The van der Waals surface area contributed by atoms with E-state index in [4.69, 9.17) is 16.9 Å². The highest BCUT2D eigenvalue weighted by atomic mass is 35.5. The number of amides is 1. The van der Waals surface area contributed by atoms with Crippen LogP contribution in [0.5, 0.6) is 0 Å². The molecule has 0 saturated carbocycles. The summed E-state index contributed by atoms with van der Waals surface area (Å²) in [5, 5.41) is 13.9. The van der Waals surface area contributed by atoms with Gasteiger partial charge in [0.25, 0.3) is 5.91 Å². The molecule has 3 nitrogen and oxygen atoms in total. The molecule has 1 N–H and O–H groups in total. The summed E-state index contributed by atoms with van der Waals surface area (Å²) in [7, 11) is 0. The normalized spacial score (nSPS) is 9.68. The molecular weight excluding hydrogens is 280 g/mol. The van der Waals surface area contributed by atoms with E-state index in [1.807, 2.05) is 5.40 Å². The van der Waals surface area contributed by atoms with Crippen molar-refractivity contribution in [2.45, 2.75) is 4.90 Å². The Morgan fingerprint density at radius 2 is 1.74 bits per heavy atom. The van der Waals surface area contributed by atoms with Crippen molar-refractivity contribution in [3.8, 4) is 5.40 Å². The lowest BCUT2D eigenvalue weighted by Gasteiger charge is -2.05. The number of nitrogens with one attached hydrogen (secondary N) is 1. The van der Waals surface area contributed by atoms with Crippen LogP contribution in [0, 0.1) is 10.7 Å². The number of carbonyl (C=O) groups excluding carboxylic acids is 1. The number of rotatable bonds is 3. The molecule has 1 amide bonds. The van der Waals surface area contributed by atoms with Crippen LogP contribution >= 0.6 is 23.4 Å². The third-order valence-corrected chi connectivity index (χ3v) is 3.23. The Hall–Kier alpha value is -1.96. The quantitative estimate of drug-likeness (QED) is 0.681. The number of nitriles is 1. The fraction of sp³-hybridized carbons (Fsp3) is 0. The van der Waals surface area contributed by atoms with Gasteiger partial charge in [-0.15, -0.1) is 0 Å². The molecule has 94 valence electrons. The third-order valence-electron chi connectivity index (χ3n) is 2.38. The number of hydrogen-bond donors (Lipinski definition) is 1. The second-order valence-corrected chi connectivity index (χ2v) is 4.97. The van der Waals surface area contributed by atoms with E-state index in [-0.39, 0.29) is 5.91 Å². The number of carbonyl (C=O) groups is 1. The van der Waals surface area contributed by atoms with Crippen LogP contribution in [0.25, 0.3) is 0 Å². The first-order valence-electron chi connectivity index (χ1n) is 5.42. The first kappa shape index (κ1) is 13.5. The van der Waals surface area contributed by atoms with Crippen LogP contribution in [0.2, 0.25) is 5.02 Å². The molecule has 0 aliphatic heterocycles. The highest BCUT2D eigenvalue weighted by molar-refractivity contribution is 8.03. The second-order valence-electron chi connectivity index (χ2n) is 3.68. The van der Waals surface area contributed by atoms with E-state index in [2.05, 4.69) is 5.32 Å². The molecule has 2 rings (SSSR count). The molecule has 2 aromatic rings. The van der Waals surface area contributed by atoms with Crippen molar-refractivity contribution >= 4 is 35.0 Å². The number of thioether (sulfide) groups is 1. The van der Waals surface area contributed by atoms with E-state index in [1.165, 1.54) is 0 Å². The molecule has 0 spiro atoms. The molecule has 2 aromatic carbocycles. The van der Waals surface area contributed by atoms with Gasteiger partial charge in [0.2, 0.25) is 0 Å². The maximum atomic E-state index is 11.9. The van der Waals surface area contributed by atoms with Gasteiger partial charge in [0.1, 0.15) is 5.40 Å². The van der Waals surface area contributed by atoms with Gasteiger partial charge in [-0.25, -0.2) is 0 Å². The molecule has 0 aliphatic carbocycles. The van der Waals surface area contributed by atoms with Gasteiger partial charge in [0.05, 0.1) is 0 Å². The molecule has 0 radical (unpaired) electrons. The Kier molecular flexibility index (Phi) is 4.45. The van der Waals surface area contributed by atoms with Crippen LogP contribution in [0.3, 0.4) is 0 Å². The van der Waals surface area contributed by atoms with E-state index < -0.39 is 0 Å². The summed E-state index contributed by atoms with van der Waals surface area (Å²) < 4.78 is 0. The van der Waals surface area contributed by atoms with Gasteiger partial charge in [-0.3, -0.25) is 4.79 Å². The number of anilines is 1. The molecular formula is C14H9ClN2OS. The van der Waals surface area contributed by atoms with Gasteiger partial charge in [0.15, 0.2) is 0 Å². The summed E-state index contributed by atoms with van der Waals surface area (Å²) in [4.78, 5) is 12.8. The summed E-state index contributed by atoms with van der Waals surface area (Å²) in [5.41, 5.74) is 1.22. The molecule has 0 saturated heterocycles. The minimum Gasteiger partial charge on any atom is -0.322 e. The van der Waals surface area contributed by atoms with Crippen molar-refractivity contribution in [1.29, 1.82) is 5.26 Å². The summed E-state index contributed by atoms with van der Waals surface area (Å²) >= 11 is 6.84. The van der Waals surface area contributed by atoms with Crippen LogP contribution in [0.15, 0.2) is 53.4 Å². The Labute approximate surface area is 120 Å². The molecule has 5 heteroatoms. The topological polar surface area (TPSA) is 52.9 Å². The molecule has 0 unspecified atom stereocenters. The van der Waals surface area contributed by atoms with E-state index >= 15 is 0 Å². The van der Waals surface area contributed by atoms with E-state index in [1.54, 1.807) is 48.5 Å². The lowest BCUT2D eigenvalue weighted by atomic mass is 10.2. The largest absolute Gasteiger partial charge is 0.322 e.